The molecule has 1 aromatic carbocycles. The van der Waals surface area contributed by atoms with E-state index in [0.717, 1.165) is 21.2 Å². The fourth-order valence-electron chi connectivity index (χ4n) is 2.89. The third-order valence-electron chi connectivity index (χ3n) is 4.46. The number of aromatic nitrogens is 4. The molecule has 152 valence electrons. The summed E-state index contributed by atoms with van der Waals surface area (Å²) in [7, 11) is 0. The van der Waals surface area contributed by atoms with E-state index in [-0.39, 0.29) is 5.91 Å². The van der Waals surface area contributed by atoms with Crippen LogP contribution in [-0.4, -0.2) is 25.7 Å². The van der Waals surface area contributed by atoms with E-state index >= 15 is 0 Å². The van der Waals surface area contributed by atoms with Gasteiger partial charge in [-0.2, -0.15) is 5.10 Å². The van der Waals surface area contributed by atoms with Crippen molar-refractivity contribution in [3.63, 3.8) is 0 Å². The van der Waals surface area contributed by atoms with Gasteiger partial charge in [0.15, 0.2) is 10.6 Å². The highest BCUT2D eigenvalue weighted by atomic mass is 32.2. The second-order valence-electron chi connectivity index (χ2n) is 6.54. The van der Waals surface area contributed by atoms with Gasteiger partial charge in [0.2, 0.25) is 5.91 Å². The summed E-state index contributed by atoms with van der Waals surface area (Å²) in [5, 5.41) is 12.0. The van der Waals surface area contributed by atoms with Gasteiger partial charge < -0.3 is 5.32 Å². The summed E-state index contributed by atoms with van der Waals surface area (Å²) in [6.07, 6.45) is 3.64. The summed E-state index contributed by atoms with van der Waals surface area (Å²) in [5.74, 6) is 1.36. The summed E-state index contributed by atoms with van der Waals surface area (Å²) in [6, 6.07) is 15.2. The quantitative estimate of drug-likeness (QED) is 0.283. The Morgan fingerprint density at radius 2 is 2.10 bits per heavy atom. The summed E-state index contributed by atoms with van der Waals surface area (Å²) in [6.45, 7) is 1.82. The zero-order valence-electron chi connectivity index (χ0n) is 16.1. The first-order valence-corrected chi connectivity index (χ1v) is 11.5. The Balaban J connectivity index is 1.42. The largest absolute Gasteiger partial charge is 0.324 e. The molecule has 3 heterocycles. The highest BCUT2D eigenvalue weighted by molar-refractivity contribution is 7.98. The first-order valence-electron chi connectivity index (χ1n) is 9.25. The van der Waals surface area contributed by atoms with Crippen LogP contribution >= 0.6 is 35.3 Å². The van der Waals surface area contributed by atoms with E-state index in [1.165, 1.54) is 5.56 Å². The van der Waals surface area contributed by atoms with E-state index < -0.39 is 6.04 Å². The van der Waals surface area contributed by atoms with Gasteiger partial charge in [0.1, 0.15) is 6.04 Å². The van der Waals surface area contributed by atoms with Crippen molar-refractivity contribution in [2.24, 2.45) is 0 Å². The number of nitrogens with one attached hydrogen (secondary N) is 2. The van der Waals surface area contributed by atoms with Crippen LogP contribution in [0, 0.1) is 4.77 Å². The molecule has 0 saturated carbocycles. The van der Waals surface area contributed by atoms with Crippen LogP contribution in [0.5, 0.6) is 0 Å². The SMILES string of the molecule is CC(C(=O)Nc1ccc(SCc2cccnc2)cc1)n1c(-c2cccs2)n[nH]c1=S. The average Bonchev–Trinajstić information content (AvgIpc) is 3.43. The van der Waals surface area contributed by atoms with Crippen molar-refractivity contribution in [3.8, 4) is 10.7 Å². The van der Waals surface area contributed by atoms with Crippen molar-refractivity contribution in [1.82, 2.24) is 19.7 Å². The van der Waals surface area contributed by atoms with Gasteiger partial charge in [-0.1, -0.05) is 12.1 Å². The Kier molecular flexibility index (Phi) is 6.41. The lowest BCUT2D eigenvalue weighted by Gasteiger charge is -2.15. The Morgan fingerprint density at radius 3 is 2.80 bits per heavy atom. The zero-order chi connectivity index (χ0) is 20.9. The molecule has 2 N–H and O–H groups in total. The van der Waals surface area contributed by atoms with Crippen molar-refractivity contribution in [3.05, 3.63) is 76.6 Å². The molecule has 1 amide bonds. The predicted octanol–water partition coefficient (Wildman–Crippen LogP) is 5.56. The van der Waals surface area contributed by atoms with Gasteiger partial charge in [0.05, 0.1) is 4.88 Å². The fraction of sp³-hybridized carbons (Fsp3) is 0.143. The zero-order valence-corrected chi connectivity index (χ0v) is 18.6. The Morgan fingerprint density at radius 1 is 1.27 bits per heavy atom. The number of H-pyrrole nitrogens is 1. The molecule has 4 rings (SSSR count). The van der Waals surface area contributed by atoms with Crippen LogP contribution in [0.4, 0.5) is 5.69 Å². The highest BCUT2D eigenvalue weighted by Gasteiger charge is 2.21. The molecule has 0 aliphatic rings. The molecule has 0 aliphatic carbocycles. The minimum absolute atomic E-state index is 0.152. The van der Waals surface area contributed by atoms with Crippen molar-refractivity contribution >= 4 is 46.9 Å². The number of hydrogen-bond donors (Lipinski definition) is 2. The third-order valence-corrected chi connectivity index (χ3v) is 6.70. The molecule has 1 unspecified atom stereocenters. The molecule has 1 atom stereocenters. The molecule has 4 aromatic rings. The van der Waals surface area contributed by atoms with E-state index in [0.29, 0.717) is 10.6 Å². The van der Waals surface area contributed by atoms with Gasteiger partial charge in [-0.15, -0.1) is 23.1 Å². The van der Waals surface area contributed by atoms with Gasteiger partial charge in [-0.25, -0.2) is 0 Å². The number of thiophene rings is 1. The Labute approximate surface area is 187 Å². The Hall–Kier alpha value is -2.75. The summed E-state index contributed by atoms with van der Waals surface area (Å²) < 4.78 is 2.16. The monoisotopic (exact) mass is 453 g/mol. The van der Waals surface area contributed by atoms with Crippen LogP contribution in [0.3, 0.4) is 0 Å². The van der Waals surface area contributed by atoms with Crippen molar-refractivity contribution in [2.45, 2.75) is 23.6 Å². The maximum Gasteiger partial charge on any atom is 0.247 e. The number of benzene rings is 1. The minimum Gasteiger partial charge on any atom is -0.324 e. The van der Waals surface area contributed by atoms with E-state index in [4.69, 9.17) is 12.2 Å². The molecule has 0 radical (unpaired) electrons. The highest BCUT2D eigenvalue weighted by Crippen LogP contribution is 2.27. The van der Waals surface area contributed by atoms with Gasteiger partial charge in [-0.05, 0) is 66.5 Å². The first-order chi connectivity index (χ1) is 14.6. The number of carbonyl (C=O) groups is 1. The first kappa shape index (κ1) is 20.5. The maximum atomic E-state index is 12.9. The molecular weight excluding hydrogens is 434 g/mol. The smallest absolute Gasteiger partial charge is 0.247 e. The number of pyridine rings is 1. The molecule has 30 heavy (non-hydrogen) atoms. The number of amides is 1. The predicted molar refractivity (Wildman–Crippen MR) is 124 cm³/mol. The number of rotatable bonds is 7. The molecule has 0 bridgehead atoms. The summed E-state index contributed by atoms with van der Waals surface area (Å²) >= 11 is 8.64. The topological polar surface area (TPSA) is 75.6 Å². The molecule has 0 fully saturated rings. The summed E-state index contributed by atoms with van der Waals surface area (Å²) in [4.78, 5) is 19.1. The number of anilines is 1. The van der Waals surface area contributed by atoms with E-state index in [2.05, 4.69) is 26.6 Å². The van der Waals surface area contributed by atoms with E-state index in [1.54, 1.807) is 33.9 Å². The number of hydrogen-bond acceptors (Lipinski definition) is 6. The number of carbonyl (C=O) groups excluding carboxylic acids is 1. The lowest BCUT2D eigenvalue weighted by Crippen LogP contribution is -2.24. The van der Waals surface area contributed by atoms with Crippen LogP contribution in [0.1, 0.15) is 18.5 Å². The van der Waals surface area contributed by atoms with Crippen LogP contribution in [0.15, 0.2) is 71.2 Å². The minimum atomic E-state index is -0.506. The number of thioether (sulfide) groups is 1. The molecule has 9 heteroatoms. The Bertz CT molecular complexity index is 1170. The molecule has 0 aliphatic heterocycles. The van der Waals surface area contributed by atoms with Crippen LogP contribution < -0.4 is 5.32 Å². The molecular formula is C21H19N5OS3. The second-order valence-corrected chi connectivity index (χ2v) is 8.92. The molecule has 3 aromatic heterocycles. The average molecular weight is 454 g/mol. The van der Waals surface area contributed by atoms with E-state index in [9.17, 15) is 4.79 Å². The van der Waals surface area contributed by atoms with Gasteiger partial charge in [0.25, 0.3) is 0 Å². The van der Waals surface area contributed by atoms with Gasteiger partial charge in [0, 0.05) is 28.7 Å². The van der Waals surface area contributed by atoms with E-state index in [1.807, 2.05) is 61.0 Å². The normalized spacial score (nSPS) is 11.9. The third kappa shape index (κ3) is 4.69. The number of aromatic amines is 1. The standard InChI is InChI=1S/C21H19N5OS3/c1-14(26-19(24-25-21(26)28)18-5-3-11-29-18)20(27)23-16-6-8-17(9-7-16)30-13-15-4-2-10-22-12-15/h2-12,14H,13H2,1H3,(H,23,27)(H,25,28). The van der Waals surface area contributed by atoms with Crippen LogP contribution in [0.25, 0.3) is 10.7 Å². The van der Waals surface area contributed by atoms with Gasteiger partial charge in [-0.3, -0.25) is 19.4 Å². The summed E-state index contributed by atoms with van der Waals surface area (Å²) in [5.41, 5.74) is 1.91. The second kappa shape index (κ2) is 9.38. The molecule has 0 saturated heterocycles. The molecule has 6 nitrogen and oxygen atoms in total. The molecule has 0 spiro atoms. The van der Waals surface area contributed by atoms with Gasteiger partial charge >= 0.3 is 0 Å². The maximum absolute atomic E-state index is 12.9. The van der Waals surface area contributed by atoms with Crippen molar-refractivity contribution in [1.29, 1.82) is 0 Å². The van der Waals surface area contributed by atoms with Crippen molar-refractivity contribution < 1.29 is 4.79 Å². The lowest BCUT2D eigenvalue weighted by molar-refractivity contribution is -0.118. The fourth-order valence-corrected chi connectivity index (χ4v) is 4.73. The number of nitrogens with zero attached hydrogens (tertiary/aromatic N) is 3. The van der Waals surface area contributed by atoms with Crippen LogP contribution in [-0.2, 0) is 10.5 Å². The van der Waals surface area contributed by atoms with Crippen molar-refractivity contribution in [2.75, 3.05) is 5.32 Å². The lowest BCUT2D eigenvalue weighted by atomic mass is 10.2. The van der Waals surface area contributed by atoms with Crippen LogP contribution in [0.2, 0.25) is 0 Å².